The van der Waals surface area contributed by atoms with Gasteiger partial charge in [0.2, 0.25) is 5.78 Å². The van der Waals surface area contributed by atoms with Crippen LogP contribution < -0.4 is 4.74 Å². The van der Waals surface area contributed by atoms with E-state index in [1.165, 1.54) is 6.07 Å². The quantitative estimate of drug-likeness (QED) is 0.268. The summed E-state index contributed by atoms with van der Waals surface area (Å²) in [5.41, 5.74) is 7.87. The summed E-state index contributed by atoms with van der Waals surface area (Å²) < 4.78 is 10.3. The fourth-order valence-electron chi connectivity index (χ4n) is 1.47. The van der Waals surface area contributed by atoms with Crippen molar-refractivity contribution in [3.63, 3.8) is 0 Å². The number of Topliss-reactive ketones (excluding diaryl/α,β-unsaturated/α-hetero) is 1. The van der Waals surface area contributed by atoms with Crippen molar-refractivity contribution in [2.45, 2.75) is 26.4 Å². The Kier molecular flexibility index (Phi) is 6.10. The second-order valence-electron chi connectivity index (χ2n) is 4.33. The molecule has 0 saturated carbocycles. The van der Waals surface area contributed by atoms with Gasteiger partial charge in [0.25, 0.3) is 0 Å². The molecule has 0 fully saturated rings. The molecule has 1 unspecified atom stereocenters. The zero-order chi connectivity index (χ0) is 15.8. The summed E-state index contributed by atoms with van der Waals surface area (Å²) in [6.07, 6.45) is 0.0226. The number of phenolic OH excluding ortho intramolecular Hbond substituents is 1. The van der Waals surface area contributed by atoms with Crippen molar-refractivity contribution in [3.05, 3.63) is 29.8 Å². The van der Waals surface area contributed by atoms with E-state index in [0.29, 0.717) is 12.2 Å². The average molecular weight is 292 g/mol. The second-order valence-corrected chi connectivity index (χ2v) is 4.33. The number of hydrogen-bond donors (Lipinski definition) is 1. The van der Waals surface area contributed by atoms with Crippen molar-refractivity contribution < 1.29 is 29.0 Å². The van der Waals surface area contributed by atoms with Crippen LogP contribution in [0.3, 0.4) is 0 Å². The van der Waals surface area contributed by atoms with Gasteiger partial charge in [-0.3, -0.25) is 4.79 Å². The minimum absolute atomic E-state index is 0.0140. The fraction of sp³-hybridized carbons (Fsp3) is 0.357. The molecule has 1 rings (SSSR count). The Bertz CT molecular complexity index is 578. The minimum atomic E-state index is -0.986. The standard InChI is InChI=1S/C14H16N2O5/c1-9(21-12-6-4-3-5-11(12)18)7-8-20-14(19)13(16-15)10(2)17/h3-6,9,18H,7-8H2,1-2H3. The van der Waals surface area contributed by atoms with Crippen molar-refractivity contribution in [1.82, 2.24) is 0 Å². The van der Waals surface area contributed by atoms with E-state index in [4.69, 9.17) is 15.0 Å². The van der Waals surface area contributed by atoms with Gasteiger partial charge in [-0.1, -0.05) is 12.1 Å². The number of ketones is 1. The molecule has 0 spiro atoms. The molecule has 1 N–H and O–H groups in total. The molecule has 0 aliphatic carbocycles. The first-order chi connectivity index (χ1) is 9.95. The normalized spacial score (nSPS) is 11.1. The molecule has 7 heteroatoms. The lowest BCUT2D eigenvalue weighted by atomic mass is 10.2. The van der Waals surface area contributed by atoms with Crippen LogP contribution in [0.5, 0.6) is 11.5 Å². The van der Waals surface area contributed by atoms with Crippen LogP contribution in [0, 0.1) is 0 Å². The lowest BCUT2D eigenvalue weighted by molar-refractivity contribution is -0.142. The number of carbonyl (C=O) groups is 2. The summed E-state index contributed by atoms with van der Waals surface area (Å²) in [7, 11) is 0. The van der Waals surface area contributed by atoms with Crippen LogP contribution in [0.1, 0.15) is 20.3 Å². The number of benzene rings is 1. The zero-order valence-electron chi connectivity index (χ0n) is 11.8. The summed E-state index contributed by atoms with van der Waals surface area (Å²) in [6, 6.07) is 6.51. The third-order valence-electron chi connectivity index (χ3n) is 2.58. The van der Waals surface area contributed by atoms with Crippen molar-refractivity contribution >= 4 is 17.5 Å². The molecule has 0 radical (unpaired) electrons. The van der Waals surface area contributed by atoms with Gasteiger partial charge in [-0.05, 0) is 19.1 Å². The highest BCUT2D eigenvalue weighted by atomic mass is 16.5. The Labute approximate surface area is 121 Å². The molecule has 0 heterocycles. The van der Waals surface area contributed by atoms with Gasteiger partial charge in [-0.2, -0.15) is 4.79 Å². The first kappa shape index (κ1) is 16.4. The summed E-state index contributed by atoms with van der Waals surface area (Å²) in [5.74, 6) is -1.31. The van der Waals surface area contributed by atoms with E-state index in [9.17, 15) is 14.7 Å². The van der Waals surface area contributed by atoms with Crippen LogP contribution in [-0.2, 0) is 14.3 Å². The Morgan fingerprint density at radius 1 is 1.38 bits per heavy atom. The molecule has 1 atom stereocenters. The predicted octanol–water partition coefficient (Wildman–Crippen LogP) is 1.35. The van der Waals surface area contributed by atoms with E-state index in [0.717, 1.165) is 6.92 Å². The van der Waals surface area contributed by atoms with Gasteiger partial charge in [-0.15, -0.1) is 0 Å². The zero-order valence-corrected chi connectivity index (χ0v) is 11.8. The first-order valence-electron chi connectivity index (χ1n) is 6.30. The number of phenols is 1. The monoisotopic (exact) mass is 292 g/mol. The SMILES string of the molecule is CC(=O)C(=[N+]=[N-])C(=O)OCCC(C)Oc1ccccc1O. The summed E-state index contributed by atoms with van der Waals surface area (Å²) in [5, 5.41) is 9.55. The lowest BCUT2D eigenvalue weighted by Crippen LogP contribution is -2.26. The number of aromatic hydroxyl groups is 1. The third kappa shape index (κ3) is 5.08. The number of esters is 1. The number of hydrogen-bond acceptors (Lipinski definition) is 5. The lowest BCUT2D eigenvalue weighted by Gasteiger charge is -2.15. The highest BCUT2D eigenvalue weighted by molar-refractivity contribution is 6.61. The molecule has 1 aromatic carbocycles. The van der Waals surface area contributed by atoms with Gasteiger partial charge < -0.3 is 20.1 Å². The first-order valence-corrected chi connectivity index (χ1v) is 6.30. The second kappa shape index (κ2) is 7.81. The van der Waals surface area contributed by atoms with Gasteiger partial charge in [0.1, 0.15) is 0 Å². The van der Waals surface area contributed by atoms with Crippen molar-refractivity contribution in [2.24, 2.45) is 0 Å². The fourth-order valence-corrected chi connectivity index (χ4v) is 1.47. The molecule has 0 bridgehead atoms. The molecule has 21 heavy (non-hydrogen) atoms. The van der Waals surface area contributed by atoms with E-state index >= 15 is 0 Å². The molecule has 0 saturated heterocycles. The third-order valence-corrected chi connectivity index (χ3v) is 2.58. The van der Waals surface area contributed by atoms with Gasteiger partial charge in [-0.25, -0.2) is 4.79 Å². The molecular weight excluding hydrogens is 276 g/mol. The highest BCUT2D eigenvalue weighted by Gasteiger charge is 2.27. The number of ether oxygens (including phenoxy) is 2. The predicted molar refractivity (Wildman–Crippen MR) is 73.1 cm³/mol. The van der Waals surface area contributed by atoms with Crippen LogP contribution in [0.25, 0.3) is 5.53 Å². The maximum Gasteiger partial charge on any atom is 0.441 e. The number of para-hydroxylation sites is 2. The maximum absolute atomic E-state index is 11.4. The average Bonchev–Trinajstić information content (AvgIpc) is 2.41. The molecular formula is C14H16N2O5. The largest absolute Gasteiger partial charge is 0.504 e. The van der Waals surface area contributed by atoms with Crippen LogP contribution in [0.2, 0.25) is 0 Å². The van der Waals surface area contributed by atoms with Crippen LogP contribution in [0.15, 0.2) is 24.3 Å². The van der Waals surface area contributed by atoms with Crippen LogP contribution in [-0.4, -0.2) is 40.1 Å². The van der Waals surface area contributed by atoms with Gasteiger partial charge in [0.05, 0.1) is 12.7 Å². The van der Waals surface area contributed by atoms with Crippen molar-refractivity contribution in [2.75, 3.05) is 6.61 Å². The molecule has 0 aromatic heterocycles. The molecule has 112 valence electrons. The van der Waals surface area contributed by atoms with Gasteiger partial charge >= 0.3 is 11.7 Å². The van der Waals surface area contributed by atoms with Crippen molar-refractivity contribution in [1.29, 1.82) is 0 Å². The van der Waals surface area contributed by atoms with Gasteiger partial charge in [0.15, 0.2) is 11.5 Å². The Hall–Kier alpha value is -2.66. The number of rotatable bonds is 7. The summed E-state index contributed by atoms with van der Waals surface area (Å²) in [6.45, 7) is 2.83. The van der Waals surface area contributed by atoms with E-state index < -0.39 is 17.5 Å². The van der Waals surface area contributed by atoms with Crippen molar-refractivity contribution in [3.8, 4) is 11.5 Å². The molecule has 7 nitrogen and oxygen atoms in total. The van der Waals surface area contributed by atoms with E-state index in [1.54, 1.807) is 25.1 Å². The topological polar surface area (TPSA) is 109 Å². The Balaban J connectivity index is 2.42. The van der Waals surface area contributed by atoms with Gasteiger partial charge in [0, 0.05) is 13.3 Å². The number of carbonyl (C=O) groups excluding carboxylic acids is 2. The number of nitrogens with zero attached hydrogens (tertiary/aromatic N) is 2. The molecule has 1 aromatic rings. The van der Waals surface area contributed by atoms with Crippen LogP contribution >= 0.6 is 0 Å². The smallest absolute Gasteiger partial charge is 0.441 e. The summed E-state index contributed by atoms with van der Waals surface area (Å²) >= 11 is 0. The van der Waals surface area contributed by atoms with E-state index in [-0.39, 0.29) is 18.5 Å². The van der Waals surface area contributed by atoms with E-state index in [2.05, 4.69) is 4.79 Å². The molecule has 0 amide bonds. The maximum atomic E-state index is 11.4. The highest BCUT2D eigenvalue weighted by Crippen LogP contribution is 2.25. The Morgan fingerprint density at radius 3 is 2.62 bits per heavy atom. The Morgan fingerprint density at radius 2 is 2.05 bits per heavy atom. The summed E-state index contributed by atoms with van der Waals surface area (Å²) in [4.78, 5) is 24.9. The molecule has 0 aliphatic heterocycles. The van der Waals surface area contributed by atoms with E-state index in [1.807, 2.05) is 0 Å². The molecule has 0 aliphatic rings. The van der Waals surface area contributed by atoms with Crippen LogP contribution in [0.4, 0.5) is 0 Å². The minimum Gasteiger partial charge on any atom is -0.504 e.